The third kappa shape index (κ3) is 5.70. The van der Waals surface area contributed by atoms with Crippen LogP contribution in [0.15, 0.2) is 34.8 Å². The van der Waals surface area contributed by atoms with Gasteiger partial charge >= 0.3 is 5.97 Å². The molecule has 1 aromatic carbocycles. The molecule has 0 saturated carbocycles. The van der Waals surface area contributed by atoms with E-state index in [4.69, 9.17) is 4.74 Å². The minimum Gasteiger partial charge on any atom is -0.449 e. The smallest absolute Gasteiger partial charge is 0.331 e. The summed E-state index contributed by atoms with van der Waals surface area (Å²) >= 11 is 3.34. The maximum atomic E-state index is 11.5. The van der Waals surface area contributed by atoms with Crippen LogP contribution in [0.1, 0.15) is 19.4 Å². The first-order chi connectivity index (χ1) is 9.02. The van der Waals surface area contributed by atoms with Crippen LogP contribution in [-0.2, 0) is 14.3 Å². The number of carbonyl (C=O) groups is 2. The summed E-state index contributed by atoms with van der Waals surface area (Å²) < 4.78 is 5.90. The highest BCUT2D eigenvalue weighted by Crippen LogP contribution is 2.12. The Kier molecular flexibility index (Phi) is 6.29. The van der Waals surface area contributed by atoms with E-state index in [1.807, 2.05) is 24.3 Å². The molecule has 0 aliphatic heterocycles. The molecule has 1 N–H and O–H groups in total. The molecule has 4 nitrogen and oxygen atoms in total. The summed E-state index contributed by atoms with van der Waals surface area (Å²) in [6, 6.07) is 7.50. The molecule has 0 bridgehead atoms. The number of carbonyl (C=O) groups excluding carboxylic acids is 2. The van der Waals surface area contributed by atoms with Crippen LogP contribution in [0.3, 0.4) is 0 Å². The molecule has 0 aromatic heterocycles. The van der Waals surface area contributed by atoms with E-state index in [0.29, 0.717) is 6.54 Å². The first-order valence-corrected chi connectivity index (χ1v) is 6.74. The van der Waals surface area contributed by atoms with E-state index in [1.54, 1.807) is 13.0 Å². The number of benzene rings is 1. The molecule has 0 spiro atoms. The number of nitrogens with one attached hydrogen (secondary N) is 1. The Bertz CT molecular complexity index is 485. The van der Waals surface area contributed by atoms with Gasteiger partial charge in [-0.05, 0) is 37.6 Å². The molecule has 0 unspecified atom stereocenters. The van der Waals surface area contributed by atoms with Gasteiger partial charge in [-0.3, -0.25) is 4.79 Å². The van der Waals surface area contributed by atoms with E-state index in [9.17, 15) is 9.59 Å². The third-order valence-corrected chi connectivity index (χ3v) is 2.77. The average molecular weight is 326 g/mol. The molecule has 0 aliphatic rings. The van der Waals surface area contributed by atoms with Gasteiger partial charge < -0.3 is 10.1 Å². The Balaban J connectivity index is 2.53. The third-order valence-electron chi connectivity index (χ3n) is 2.27. The van der Waals surface area contributed by atoms with Crippen molar-refractivity contribution < 1.29 is 14.3 Å². The molecule has 1 rings (SSSR count). The number of rotatable bonds is 5. The van der Waals surface area contributed by atoms with Crippen LogP contribution < -0.4 is 5.32 Å². The van der Waals surface area contributed by atoms with E-state index in [1.165, 1.54) is 13.0 Å². The normalized spacial score (nSPS) is 12.2. The molecule has 102 valence electrons. The van der Waals surface area contributed by atoms with Crippen LogP contribution in [0.25, 0.3) is 6.08 Å². The van der Waals surface area contributed by atoms with Crippen LogP contribution in [-0.4, -0.2) is 24.5 Å². The number of halogens is 1. The molecule has 1 atom stereocenters. The summed E-state index contributed by atoms with van der Waals surface area (Å²) in [6.07, 6.45) is 2.15. The molecule has 0 fully saturated rings. The lowest BCUT2D eigenvalue weighted by atomic mass is 10.2. The highest BCUT2D eigenvalue weighted by molar-refractivity contribution is 9.10. The quantitative estimate of drug-likeness (QED) is 0.668. The molecule has 0 radical (unpaired) electrons. The van der Waals surface area contributed by atoms with Crippen molar-refractivity contribution in [3.63, 3.8) is 0 Å². The van der Waals surface area contributed by atoms with E-state index in [2.05, 4.69) is 21.2 Å². The zero-order valence-electron chi connectivity index (χ0n) is 10.9. The number of likely N-dealkylation sites (N-methyl/N-ethyl adjacent to an activating group) is 1. The van der Waals surface area contributed by atoms with Gasteiger partial charge in [0.05, 0.1) is 0 Å². The minimum atomic E-state index is -0.792. The average Bonchev–Trinajstić information content (AvgIpc) is 2.36. The first kappa shape index (κ1) is 15.4. The van der Waals surface area contributed by atoms with Crippen LogP contribution in [0.4, 0.5) is 0 Å². The molecule has 19 heavy (non-hydrogen) atoms. The van der Waals surface area contributed by atoms with Gasteiger partial charge in [-0.2, -0.15) is 0 Å². The molecular formula is C14H16BrNO3. The van der Waals surface area contributed by atoms with Crippen molar-refractivity contribution in [1.82, 2.24) is 5.32 Å². The van der Waals surface area contributed by atoms with Gasteiger partial charge in [0.1, 0.15) is 0 Å². The monoisotopic (exact) mass is 325 g/mol. The van der Waals surface area contributed by atoms with Gasteiger partial charge in [0.25, 0.3) is 5.91 Å². The summed E-state index contributed by atoms with van der Waals surface area (Å²) in [6.45, 7) is 3.85. The lowest BCUT2D eigenvalue weighted by Gasteiger charge is -2.10. The topological polar surface area (TPSA) is 55.4 Å². The summed E-state index contributed by atoms with van der Waals surface area (Å²) in [7, 11) is 0. The summed E-state index contributed by atoms with van der Waals surface area (Å²) in [5.41, 5.74) is 0.872. The van der Waals surface area contributed by atoms with E-state index < -0.39 is 12.1 Å². The lowest BCUT2D eigenvalue weighted by molar-refractivity contribution is -0.150. The van der Waals surface area contributed by atoms with E-state index in [-0.39, 0.29) is 5.91 Å². The fraction of sp³-hybridized carbons (Fsp3) is 0.286. The SMILES string of the molecule is CCNC(=O)[C@H](C)OC(=O)/C=C/c1cccc(Br)c1. The van der Waals surface area contributed by atoms with Crippen LogP contribution in [0.2, 0.25) is 0 Å². The second-order valence-corrected chi connectivity index (χ2v) is 4.78. The van der Waals surface area contributed by atoms with Crippen LogP contribution in [0.5, 0.6) is 0 Å². The largest absolute Gasteiger partial charge is 0.449 e. The highest BCUT2D eigenvalue weighted by Gasteiger charge is 2.14. The van der Waals surface area contributed by atoms with Crippen LogP contribution >= 0.6 is 15.9 Å². The molecule has 0 saturated heterocycles. The molecule has 0 heterocycles. The van der Waals surface area contributed by atoms with Crippen molar-refractivity contribution >= 4 is 33.9 Å². The van der Waals surface area contributed by atoms with Crippen molar-refractivity contribution in [3.8, 4) is 0 Å². The fourth-order valence-electron chi connectivity index (χ4n) is 1.36. The van der Waals surface area contributed by atoms with Gasteiger partial charge in [-0.25, -0.2) is 4.79 Å². The summed E-state index contributed by atoms with van der Waals surface area (Å²) in [4.78, 5) is 22.9. The first-order valence-electron chi connectivity index (χ1n) is 5.95. The van der Waals surface area contributed by atoms with Gasteiger partial charge in [0.2, 0.25) is 0 Å². The van der Waals surface area contributed by atoms with Gasteiger partial charge in [-0.15, -0.1) is 0 Å². The van der Waals surface area contributed by atoms with Gasteiger partial charge in [-0.1, -0.05) is 28.1 Å². The number of ether oxygens (including phenoxy) is 1. The van der Waals surface area contributed by atoms with E-state index in [0.717, 1.165) is 10.0 Å². The highest BCUT2D eigenvalue weighted by atomic mass is 79.9. The van der Waals surface area contributed by atoms with Crippen molar-refractivity contribution in [2.45, 2.75) is 20.0 Å². The van der Waals surface area contributed by atoms with Crippen molar-refractivity contribution in [2.24, 2.45) is 0 Å². The van der Waals surface area contributed by atoms with Gasteiger partial charge in [0, 0.05) is 17.1 Å². The maximum Gasteiger partial charge on any atom is 0.331 e. The van der Waals surface area contributed by atoms with E-state index >= 15 is 0 Å². The Morgan fingerprint density at radius 3 is 2.84 bits per heavy atom. The van der Waals surface area contributed by atoms with Crippen molar-refractivity contribution in [3.05, 3.63) is 40.4 Å². The maximum absolute atomic E-state index is 11.5. The number of hydrogen-bond acceptors (Lipinski definition) is 3. The Morgan fingerprint density at radius 1 is 1.47 bits per heavy atom. The zero-order valence-corrected chi connectivity index (χ0v) is 12.4. The second-order valence-electron chi connectivity index (χ2n) is 3.86. The zero-order chi connectivity index (χ0) is 14.3. The predicted octanol–water partition coefficient (Wildman–Crippen LogP) is 2.53. The number of esters is 1. The lowest BCUT2D eigenvalue weighted by Crippen LogP contribution is -2.35. The molecule has 1 aromatic rings. The van der Waals surface area contributed by atoms with Crippen molar-refractivity contribution in [2.75, 3.05) is 6.54 Å². The molecule has 1 amide bonds. The molecule has 5 heteroatoms. The predicted molar refractivity (Wildman–Crippen MR) is 77.4 cm³/mol. The number of amides is 1. The molecular weight excluding hydrogens is 310 g/mol. The number of hydrogen-bond donors (Lipinski definition) is 1. The Labute approximate surface area is 121 Å². The summed E-state index contributed by atoms with van der Waals surface area (Å²) in [5.74, 6) is -0.842. The fourth-order valence-corrected chi connectivity index (χ4v) is 1.78. The Morgan fingerprint density at radius 2 is 2.21 bits per heavy atom. The van der Waals surface area contributed by atoms with Crippen molar-refractivity contribution in [1.29, 1.82) is 0 Å². The second kappa shape index (κ2) is 7.74. The minimum absolute atomic E-state index is 0.299. The van der Waals surface area contributed by atoms with Crippen LogP contribution in [0, 0.1) is 0 Å². The molecule has 0 aliphatic carbocycles. The standard InChI is InChI=1S/C14H16BrNO3/c1-3-16-14(18)10(2)19-13(17)8-7-11-5-4-6-12(15)9-11/h4-10H,3H2,1-2H3,(H,16,18)/b8-7+/t10-/m0/s1. The Hall–Kier alpha value is -1.62. The summed E-state index contributed by atoms with van der Waals surface area (Å²) in [5, 5.41) is 2.59. The van der Waals surface area contributed by atoms with Gasteiger partial charge in [0.15, 0.2) is 6.10 Å².